The normalized spacial score (nSPS) is 12.2. The molecule has 1 amide bonds. The Morgan fingerprint density at radius 1 is 1.13 bits per heavy atom. The fourth-order valence-corrected chi connectivity index (χ4v) is 5.15. The van der Waals surface area contributed by atoms with Crippen molar-refractivity contribution in [1.82, 2.24) is 5.09 Å². The third-order valence-electron chi connectivity index (χ3n) is 4.12. The Hall–Kier alpha value is -3.92. The molecular weight excluding hydrogens is 547 g/mol. The molecule has 0 saturated carbocycles. The van der Waals surface area contributed by atoms with Crippen LogP contribution in [-0.4, -0.2) is 38.8 Å². The predicted molar refractivity (Wildman–Crippen MR) is 142 cm³/mol. The number of benzene rings is 2. The number of nitro benzene ring substituents is 1. The molecule has 0 aliphatic rings. The lowest BCUT2D eigenvalue weighted by Crippen LogP contribution is -2.35. The first-order chi connectivity index (χ1) is 17.7. The summed E-state index contributed by atoms with van der Waals surface area (Å²) in [4.78, 5) is 39.9. The van der Waals surface area contributed by atoms with Gasteiger partial charge in [0, 0.05) is 12.1 Å². The van der Waals surface area contributed by atoms with Gasteiger partial charge in [0.25, 0.3) is 0 Å². The summed E-state index contributed by atoms with van der Waals surface area (Å²) in [6, 6.07) is 11.9. The molecule has 0 bridgehead atoms. The van der Waals surface area contributed by atoms with Crippen LogP contribution in [0.1, 0.15) is 32.8 Å². The Morgan fingerprint density at radius 3 is 2.08 bits per heavy atom. The molecule has 0 heterocycles. The van der Waals surface area contributed by atoms with Gasteiger partial charge in [-0.2, -0.15) is 0 Å². The van der Waals surface area contributed by atoms with E-state index in [1.165, 1.54) is 30.3 Å². The molecule has 38 heavy (non-hydrogen) atoms. The molecule has 2 rings (SSSR count). The largest absolute Gasteiger partial charge is 0.465 e. The fraction of sp³-hybridized carbons (Fsp3) is 0.350. The van der Waals surface area contributed by atoms with Gasteiger partial charge in [-0.25, -0.2) is 30.1 Å². The maximum atomic E-state index is 11.1. The van der Waals surface area contributed by atoms with E-state index in [1.54, 1.807) is 18.2 Å². The number of nitrogens with zero attached hydrogens (tertiary/aromatic N) is 4. The van der Waals surface area contributed by atoms with E-state index >= 15 is 0 Å². The minimum Gasteiger partial charge on any atom is -0.465 e. The number of carbonyl (C=O) groups is 1. The Balaban J connectivity index is 0.000000682. The van der Waals surface area contributed by atoms with Crippen molar-refractivity contribution in [2.24, 2.45) is 5.73 Å². The van der Waals surface area contributed by atoms with Crippen molar-refractivity contribution in [3.8, 4) is 5.75 Å². The molecule has 2 aromatic carbocycles. The van der Waals surface area contributed by atoms with E-state index in [0.29, 0.717) is 6.61 Å². The molecule has 0 aliphatic heterocycles. The number of hydrazine groups is 2. The van der Waals surface area contributed by atoms with E-state index in [2.05, 4.69) is 10.8 Å². The zero-order valence-corrected chi connectivity index (χ0v) is 22.7. The molecule has 210 valence electrons. The molecule has 0 aromatic heterocycles. The van der Waals surface area contributed by atoms with Crippen LogP contribution >= 0.6 is 6.64 Å². The molecular formula is C20H29N6O10PS. The third-order valence-corrected chi connectivity index (χ3v) is 6.77. The maximum Gasteiger partial charge on any atom is 0.402 e. The minimum absolute atomic E-state index is 0.0856. The highest BCUT2D eigenvalue weighted by molar-refractivity contribution is 8.09. The summed E-state index contributed by atoms with van der Waals surface area (Å²) in [6.45, 7) is 5.18. The van der Waals surface area contributed by atoms with Crippen molar-refractivity contribution in [3.63, 3.8) is 0 Å². The second kappa shape index (κ2) is 16.8. The number of rotatable bonds is 11. The van der Waals surface area contributed by atoms with Crippen LogP contribution in [0.2, 0.25) is 0 Å². The van der Waals surface area contributed by atoms with Gasteiger partial charge in [0.2, 0.25) is 15.8 Å². The van der Waals surface area contributed by atoms with Gasteiger partial charge in [0.05, 0.1) is 11.5 Å². The number of anilines is 1. The molecule has 0 fully saturated rings. The molecule has 0 spiro atoms. The van der Waals surface area contributed by atoms with Crippen molar-refractivity contribution in [2.75, 3.05) is 11.7 Å². The Labute approximate surface area is 223 Å². The van der Waals surface area contributed by atoms with E-state index < -0.39 is 27.7 Å². The standard InChI is InChI=1S/C13H21N2O4PS.C6H5N3O4.CH3NO2/c1-5-11(4)14-20(21,18-6-2)19-13-9-10(3)7-8-12(13)15(16)17;10-8(11)7(9(12)13)6-4-2-1-3-5-6;2-1(3)4/h7-9,11H,5-6H2,1-4H3,(H,14,21);1-5H;2H2,(H,3,4). The number of carboxylic acid groups (broad SMARTS) is 1. The van der Waals surface area contributed by atoms with Crippen LogP contribution < -0.4 is 20.5 Å². The summed E-state index contributed by atoms with van der Waals surface area (Å²) < 4.78 is 11.3. The summed E-state index contributed by atoms with van der Waals surface area (Å²) in [5, 5.41) is 39.6. The Bertz CT molecular complexity index is 1120. The SMILES string of the molecule is CCOP(=S)(NC(C)CC)Oc1cc(C)ccc1[N+](=O)[O-].NC(=O)O.O=[N+]([O-])N(c1ccccc1)[N+](=O)[O-]. The summed E-state index contributed by atoms with van der Waals surface area (Å²) in [5.41, 5.74) is 4.69. The molecule has 18 heteroatoms. The summed E-state index contributed by atoms with van der Waals surface area (Å²) in [7, 11) is 0. The topological polar surface area (TPSA) is 226 Å². The second-order valence-corrected chi connectivity index (χ2v) is 10.2. The molecule has 2 aromatic rings. The fourth-order valence-electron chi connectivity index (χ4n) is 2.41. The van der Waals surface area contributed by atoms with Crippen molar-refractivity contribution < 1.29 is 33.9 Å². The van der Waals surface area contributed by atoms with E-state index in [9.17, 15) is 30.3 Å². The summed E-state index contributed by atoms with van der Waals surface area (Å²) >= 11 is 5.45. The average molecular weight is 577 g/mol. The zero-order valence-electron chi connectivity index (χ0n) is 21.0. The van der Waals surface area contributed by atoms with Gasteiger partial charge >= 0.3 is 18.4 Å². The quantitative estimate of drug-likeness (QED) is 0.191. The molecule has 2 atom stereocenters. The number of aryl methyl sites for hydroxylation is 1. The van der Waals surface area contributed by atoms with Crippen molar-refractivity contribution in [2.45, 2.75) is 40.2 Å². The molecule has 0 saturated heterocycles. The average Bonchev–Trinajstić information content (AvgIpc) is 2.79. The van der Waals surface area contributed by atoms with Crippen LogP contribution in [0.15, 0.2) is 48.5 Å². The van der Waals surface area contributed by atoms with Crippen molar-refractivity contribution in [1.29, 1.82) is 0 Å². The van der Waals surface area contributed by atoms with Crippen LogP contribution in [0.25, 0.3) is 0 Å². The monoisotopic (exact) mass is 576 g/mol. The van der Waals surface area contributed by atoms with Gasteiger partial charge in [0.15, 0.2) is 10.8 Å². The van der Waals surface area contributed by atoms with Crippen LogP contribution in [0.3, 0.4) is 0 Å². The lowest BCUT2D eigenvalue weighted by atomic mass is 10.2. The smallest absolute Gasteiger partial charge is 0.402 e. The van der Waals surface area contributed by atoms with E-state index in [-0.39, 0.29) is 28.3 Å². The first kappa shape index (κ1) is 34.1. The molecule has 0 aliphatic carbocycles. The van der Waals surface area contributed by atoms with E-state index in [1.807, 2.05) is 27.7 Å². The number of hydrogen-bond acceptors (Lipinski definition) is 10. The molecule has 2 unspecified atom stereocenters. The first-order valence-electron chi connectivity index (χ1n) is 10.8. The van der Waals surface area contributed by atoms with Crippen LogP contribution in [-0.2, 0) is 16.3 Å². The van der Waals surface area contributed by atoms with E-state index in [0.717, 1.165) is 12.0 Å². The highest BCUT2D eigenvalue weighted by Gasteiger charge is 2.29. The van der Waals surface area contributed by atoms with Gasteiger partial charge in [-0.1, -0.05) is 31.2 Å². The minimum atomic E-state index is -2.82. The predicted octanol–water partition coefficient (Wildman–Crippen LogP) is 4.43. The van der Waals surface area contributed by atoms with E-state index in [4.69, 9.17) is 30.8 Å². The van der Waals surface area contributed by atoms with Crippen LogP contribution in [0, 0.1) is 37.3 Å². The van der Waals surface area contributed by atoms with Gasteiger partial charge < -0.3 is 19.9 Å². The molecule has 4 N–H and O–H groups in total. The van der Waals surface area contributed by atoms with Gasteiger partial charge in [-0.15, -0.1) is 0 Å². The third kappa shape index (κ3) is 12.9. The number of hydrogen-bond donors (Lipinski definition) is 3. The highest BCUT2D eigenvalue weighted by Crippen LogP contribution is 2.47. The van der Waals surface area contributed by atoms with Gasteiger partial charge in [-0.3, -0.25) is 10.1 Å². The number of amides is 1. The summed E-state index contributed by atoms with van der Waals surface area (Å²) in [6.07, 6.45) is -0.481. The lowest BCUT2D eigenvalue weighted by Gasteiger charge is -2.26. The van der Waals surface area contributed by atoms with Gasteiger partial charge in [0.1, 0.15) is 0 Å². The Morgan fingerprint density at radius 2 is 1.66 bits per heavy atom. The zero-order chi connectivity index (χ0) is 29.5. The lowest BCUT2D eigenvalue weighted by molar-refractivity contribution is -0.711. The van der Waals surface area contributed by atoms with Gasteiger partial charge in [-0.05, 0) is 62.8 Å². The van der Waals surface area contributed by atoms with Crippen LogP contribution in [0.4, 0.5) is 16.2 Å². The first-order valence-corrected chi connectivity index (χ1v) is 13.4. The van der Waals surface area contributed by atoms with Crippen molar-refractivity contribution in [3.05, 3.63) is 84.4 Å². The number of para-hydroxylation sites is 1. The number of nitrogens with two attached hydrogens (primary N) is 1. The molecule has 16 nitrogen and oxygen atoms in total. The number of nitrogens with one attached hydrogen (secondary N) is 1. The number of primary amides is 1. The van der Waals surface area contributed by atoms with Crippen molar-refractivity contribution >= 4 is 35.9 Å². The number of nitro groups is 3. The highest BCUT2D eigenvalue weighted by atomic mass is 32.5. The summed E-state index contributed by atoms with van der Waals surface area (Å²) in [5.74, 6) is 0.146. The maximum absolute atomic E-state index is 11.1. The Kier molecular flexibility index (Phi) is 15.0. The second-order valence-electron chi connectivity index (χ2n) is 7.11. The molecule has 0 radical (unpaired) electrons. The van der Waals surface area contributed by atoms with Crippen LogP contribution in [0.5, 0.6) is 5.75 Å².